The maximum Gasteiger partial charge on any atom is 0.00722 e. The van der Waals surface area contributed by atoms with Crippen molar-refractivity contribution >= 4 is 0 Å². The van der Waals surface area contributed by atoms with Gasteiger partial charge in [-0.25, -0.2) is 0 Å². The van der Waals surface area contributed by atoms with Gasteiger partial charge in [-0.1, -0.05) is 59.3 Å². The van der Waals surface area contributed by atoms with Crippen LogP contribution in [-0.4, -0.2) is 12.1 Å². The second-order valence-electron chi connectivity index (χ2n) is 6.78. The molecule has 0 bridgehead atoms. The Hall–Kier alpha value is -0.0400. The van der Waals surface area contributed by atoms with Crippen molar-refractivity contribution in [1.82, 2.24) is 5.32 Å². The fourth-order valence-electron chi connectivity index (χ4n) is 3.35. The van der Waals surface area contributed by atoms with Crippen LogP contribution in [-0.2, 0) is 0 Å². The zero-order chi connectivity index (χ0) is 13.4. The molecular weight excluding hydrogens is 218 g/mol. The first kappa shape index (κ1) is 16.0. The van der Waals surface area contributed by atoms with Gasteiger partial charge in [-0.3, -0.25) is 0 Å². The molecule has 1 heteroatoms. The standard InChI is InChI=1S/C17H35N/c1-5-6-7-8-10-15(4)18-17-12-9-11-16(13-17)14(2)3/h14-18H,5-13H2,1-4H3. The van der Waals surface area contributed by atoms with Crippen molar-refractivity contribution in [3.05, 3.63) is 0 Å². The molecule has 3 unspecified atom stereocenters. The van der Waals surface area contributed by atoms with Crippen LogP contribution in [0, 0.1) is 11.8 Å². The molecule has 1 nitrogen and oxygen atoms in total. The molecule has 0 spiro atoms. The highest BCUT2D eigenvalue weighted by Gasteiger charge is 2.24. The Balaban J connectivity index is 2.16. The summed E-state index contributed by atoms with van der Waals surface area (Å²) in [4.78, 5) is 0. The van der Waals surface area contributed by atoms with Gasteiger partial charge in [0.15, 0.2) is 0 Å². The minimum absolute atomic E-state index is 0.720. The van der Waals surface area contributed by atoms with Crippen molar-refractivity contribution in [2.24, 2.45) is 11.8 Å². The molecule has 0 radical (unpaired) electrons. The summed E-state index contributed by atoms with van der Waals surface area (Å²) in [6.07, 6.45) is 12.7. The largest absolute Gasteiger partial charge is 0.311 e. The average molecular weight is 253 g/mol. The maximum absolute atomic E-state index is 3.88. The minimum atomic E-state index is 0.720. The smallest absolute Gasteiger partial charge is 0.00722 e. The SMILES string of the molecule is CCCCCCC(C)NC1CCCC(C(C)C)C1. The van der Waals surface area contributed by atoms with E-state index in [9.17, 15) is 0 Å². The number of nitrogens with one attached hydrogen (secondary N) is 1. The van der Waals surface area contributed by atoms with Crippen molar-refractivity contribution < 1.29 is 0 Å². The molecule has 0 aromatic heterocycles. The normalized spacial score (nSPS) is 26.5. The third kappa shape index (κ3) is 6.22. The van der Waals surface area contributed by atoms with Crippen LogP contribution in [0.15, 0.2) is 0 Å². The van der Waals surface area contributed by atoms with Crippen LogP contribution in [0.2, 0.25) is 0 Å². The van der Waals surface area contributed by atoms with E-state index in [2.05, 4.69) is 33.0 Å². The van der Waals surface area contributed by atoms with E-state index >= 15 is 0 Å². The first-order valence-corrected chi connectivity index (χ1v) is 8.39. The van der Waals surface area contributed by atoms with Crippen LogP contribution in [0.4, 0.5) is 0 Å². The van der Waals surface area contributed by atoms with E-state index in [0.29, 0.717) is 0 Å². The van der Waals surface area contributed by atoms with E-state index in [4.69, 9.17) is 0 Å². The van der Waals surface area contributed by atoms with Crippen LogP contribution >= 0.6 is 0 Å². The minimum Gasteiger partial charge on any atom is -0.311 e. The zero-order valence-electron chi connectivity index (χ0n) is 13.2. The summed E-state index contributed by atoms with van der Waals surface area (Å²) in [7, 11) is 0. The lowest BCUT2D eigenvalue weighted by molar-refractivity contribution is 0.220. The summed E-state index contributed by atoms with van der Waals surface area (Å²) in [5, 5.41) is 3.88. The molecule has 0 aliphatic heterocycles. The van der Waals surface area contributed by atoms with E-state index in [1.165, 1.54) is 57.8 Å². The van der Waals surface area contributed by atoms with Gasteiger partial charge in [0, 0.05) is 12.1 Å². The Morgan fingerprint density at radius 1 is 1.06 bits per heavy atom. The summed E-state index contributed by atoms with van der Waals surface area (Å²) < 4.78 is 0. The quantitative estimate of drug-likeness (QED) is 0.590. The molecule has 0 aromatic rings. The molecular formula is C17H35N. The van der Waals surface area contributed by atoms with Crippen LogP contribution in [0.1, 0.15) is 85.5 Å². The van der Waals surface area contributed by atoms with E-state index in [-0.39, 0.29) is 0 Å². The predicted molar refractivity (Wildman–Crippen MR) is 81.9 cm³/mol. The van der Waals surface area contributed by atoms with E-state index in [0.717, 1.165) is 23.9 Å². The van der Waals surface area contributed by atoms with Gasteiger partial charge in [-0.15, -0.1) is 0 Å². The summed E-state index contributed by atoms with van der Waals surface area (Å²) in [6.45, 7) is 9.45. The van der Waals surface area contributed by atoms with Gasteiger partial charge >= 0.3 is 0 Å². The molecule has 1 N–H and O–H groups in total. The van der Waals surface area contributed by atoms with Gasteiger partial charge < -0.3 is 5.32 Å². The summed E-state index contributed by atoms with van der Waals surface area (Å²) in [5.74, 6) is 1.83. The molecule has 18 heavy (non-hydrogen) atoms. The lowest BCUT2D eigenvalue weighted by Gasteiger charge is -2.34. The van der Waals surface area contributed by atoms with Crippen molar-refractivity contribution in [3.63, 3.8) is 0 Å². The fraction of sp³-hybridized carbons (Fsp3) is 1.00. The van der Waals surface area contributed by atoms with Crippen LogP contribution in [0.5, 0.6) is 0 Å². The molecule has 0 amide bonds. The van der Waals surface area contributed by atoms with Crippen molar-refractivity contribution in [3.8, 4) is 0 Å². The first-order valence-electron chi connectivity index (χ1n) is 8.39. The average Bonchev–Trinajstić information content (AvgIpc) is 2.35. The van der Waals surface area contributed by atoms with Crippen molar-refractivity contribution in [2.75, 3.05) is 0 Å². The maximum atomic E-state index is 3.88. The molecule has 0 aromatic carbocycles. The second kappa shape index (κ2) is 8.96. The molecule has 0 saturated heterocycles. The lowest BCUT2D eigenvalue weighted by atomic mass is 9.79. The van der Waals surface area contributed by atoms with Crippen molar-refractivity contribution in [2.45, 2.75) is 97.6 Å². The van der Waals surface area contributed by atoms with Gasteiger partial charge in [0.1, 0.15) is 0 Å². The molecule has 1 aliphatic rings. The third-order valence-electron chi connectivity index (χ3n) is 4.67. The number of hydrogen-bond acceptors (Lipinski definition) is 1. The topological polar surface area (TPSA) is 12.0 Å². The van der Waals surface area contributed by atoms with Gasteiger partial charge in [-0.2, -0.15) is 0 Å². The van der Waals surface area contributed by atoms with E-state index in [1.807, 2.05) is 0 Å². The first-order chi connectivity index (χ1) is 8.63. The molecule has 1 aliphatic carbocycles. The monoisotopic (exact) mass is 253 g/mol. The summed E-state index contributed by atoms with van der Waals surface area (Å²) >= 11 is 0. The van der Waals surface area contributed by atoms with Gasteiger partial charge in [-0.05, 0) is 38.0 Å². The molecule has 1 saturated carbocycles. The third-order valence-corrected chi connectivity index (χ3v) is 4.67. The van der Waals surface area contributed by atoms with E-state index in [1.54, 1.807) is 0 Å². The number of unbranched alkanes of at least 4 members (excludes halogenated alkanes) is 3. The zero-order valence-corrected chi connectivity index (χ0v) is 13.2. The van der Waals surface area contributed by atoms with Crippen LogP contribution in [0.25, 0.3) is 0 Å². The van der Waals surface area contributed by atoms with Crippen LogP contribution in [0.3, 0.4) is 0 Å². The van der Waals surface area contributed by atoms with Gasteiger partial charge in [0.2, 0.25) is 0 Å². The second-order valence-corrected chi connectivity index (χ2v) is 6.78. The van der Waals surface area contributed by atoms with Crippen molar-refractivity contribution in [1.29, 1.82) is 0 Å². The number of hydrogen-bond donors (Lipinski definition) is 1. The Morgan fingerprint density at radius 2 is 1.83 bits per heavy atom. The predicted octanol–water partition coefficient (Wildman–Crippen LogP) is 5.15. The summed E-state index contributed by atoms with van der Waals surface area (Å²) in [5.41, 5.74) is 0. The van der Waals surface area contributed by atoms with Gasteiger partial charge in [0.25, 0.3) is 0 Å². The van der Waals surface area contributed by atoms with E-state index < -0.39 is 0 Å². The Bertz CT molecular complexity index is 200. The Labute approximate surface area is 115 Å². The molecule has 1 rings (SSSR count). The van der Waals surface area contributed by atoms with Gasteiger partial charge in [0.05, 0.1) is 0 Å². The summed E-state index contributed by atoms with van der Waals surface area (Å²) in [6, 6.07) is 1.52. The Morgan fingerprint density at radius 3 is 2.50 bits per heavy atom. The highest BCUT2D eigenvalue weighted by molar-refractivity contribution is 4.81. The highest BCUT2D eigenvalue weighted by Crippen LogP contribution is 2.30. The highest BCUT2D eigenvalue weighted by atomic mass is 14.9. The van der Waals surface area contributed by atoms with Crippen LogP contribution < -0.4 is 5.32 Å². The lowest BCUT2D eigenvalue weighted by Crippen LogP contribution is -2.40. The number of rotatable bonds is 8. The fourth-order valence-corrected chi connectivity index (χ4v) is 3.35. The molecule has 0 heterocycles. The molecule has 1 fully saturated rings. The molecule has 3 atom stereocenters. The molecule has 108 valence electrons. The Kier molecular flexibility index (Phi) is 7.97.